The van der Waals surface area contributed by atoms with Gasteiger partial charge in [0.2, 0.25) is 0 Å². The van der Waals surface area contributed by atoms with Gasteiger partial charge in [-0.05, 0) is 31.2 Å². The topological polar surface area (TPSA) is 18.5 Å². The third-order valence-electron chi connectivity index (χ3n) is 4.46. The van der Waals surface area contributed by atoms with E-state index in [1.807, 2.05) is 30.3 Å². The zero-order chi connectivity index (χ0) is 14.7. The van der Waals surface area contributed by atoms with Crippen molar-refractivity contribution in [2.75, 3.05) is 0 Å². The lowest BCUT2D eigenvalue weighted by Crippen LogP contribution is -2.17. The second kappa shape index (κ2) is 4.14. The molecule has 5 rings (SSSR count). The number of aryl methyl sites for hydroxylation is 1. The molecular formula is C20H14O2. The summed E-state index contributed by atoms with van der Waals surface area (Å²) in [5.74, 6) is 3.85. The SMILES string of the molecule is Cc1ccc2c(c1)C1c3ccccc3Oc3cccc(c31)O2. The molecule has 2 heterocycles. The number of ether oxygens (including phenoxy) is 2. The Morgan fingerprint density at radius 2 is 1.36 bits per heavy atom. The lowest BCUT2D eigenvalue weighted by atomic mass is 9.80. The summed E-state index contributed by atoms with van der Waals surface area (Å²) in [4.78, 5) is 0. The van der Waals surface area contributed by atoms with Crippen LogP contribution in [0, 0.1) is 6.92 Å². The molecule has 0 aliphatic carbocycles. The fourth-order valence-electron chi connectivity index (χ4n) is 3.50. The largest absolute Gasteiger partial charge is 0.457 e. The molecule has 106 valence electrons. The van der Waals surface area contributed by atoms with Crippen LogP contribution in [0.3, 0.4) is 0 Å². The maximum absolute atomic E-state index is 6.11. The van der Waals surface area contributed by atoms with E-state index in [9.17, 15) is 0 Å². The monoisotopic (exact) mass is 286 g/mol. The van der Waals surface area contributed by atoms with E-state index in [2.05, 4.69) is 37.3 Å². The highest BCUT2D eigenvalue weighted by Gasteiger charge is 2.36. The standard InChI is InChI=1S/C20H14O2/c1-12-9-10-16-14(11-12)19-13-5-2-3-6-15(13)21-17-7-4-8-18(22-16)20(17)19/h2-11,19H,1H3. The number of benzene rings is 3. The molecule has 0 saturated heterocycles. The fourth-order valence-corrected chi connectivity index (χ4v) is 3.50. The summed E-state index contributed by atoms with van der Waals surface area (Å²) in [5.41, 5.74) is 4.81. The van der Waals surface area contributed by atoms with Gasteiger partial charge in [0.05, 0.1) is 0 Å². The Balaban J connectivity index is 1.87. The number of hydrogen-bond donors (Lipinski definition) is 0. The van der Waals surface area contributed by atoms with Crippen LogP contribution in [0.2, 0.25) is 0 Å². The van der Waals surface area contributed by atoms with Gasteiger partial charge >= 0.3 is 0 Å². The summed E-state index contributed by atoms with van der Waals surface area (Å²) < 4.78 is 12.2. The summed E-state index contributed by atoms with van der Waals surface area (Å²) >= 11 is 0. The van der Waals surface area contributed by atoms with Gasteiger partial charge in [-0.2, -0.15) is 0 Å². The van der Waals surface area contributed by atoms with Crippen LogP contribution >= 0.6 is 0 Å². The quantitative estimate of drug-likeness (QED) is 0.380. The van der Waals surface area contributed by atoms with Crippen molar-refractivity contribution >= 4 is 0 Å². The second-order valence-corrected chi connectivity index (χ2v) is 5.88. The number of hydrogen-bond acceptors (Lipinski definition) is 2. The fraction of sp³-hybridized carbons (Fsp3) is 0.100. The molecule has 0 bridgehead atoms. The van der Waals surface area contributed by atoms with E-state index in [1.54, 1.807) is 0 Å². The van der Waals surface area contributed by atoms with Gasteiger partial charge < -0.3 is 9.47 Å². The van der Waals surface area contributed by atoms with E-state index in [4.69, 9.17) is 9.47 Å². The van der Waals surface area contributed by atoms with Crippen molar-refractivity contribution in [2.45, 2.75) is 12.8 Å². The Hall–Kier alpha value is -2.74. The molecule has 0 radical (unpaired) electrons. The number of rotatable bonds is 0. The minimum absolute atomic E-state index is 0.180. The second-order valence-electron chi connectivity index (χ2n) is 5.88. The predicted octanol–water partition coefficient (Wildman–Crippen LogP) is 5.39. The van der Waals surface area contributed by atoms with Crippen molar-refractivity contribution in [1.29, 1.82) is 0 Å². The van der Waals surface area contributed by atoms with E-state index >= 15 is 0 Å². The predicted molar refractivity (Wildman–Crippen MR) is 85.2 cm³/mol. The average Bonchev–Trinajstić information content (AvgIpc) is 2.55. The van der Waals surface area contributed by atoms with Gasteiger partial charge in [-0.1, -0.05) is 42.0 Å². The smallest absolute Gasteiger partial charge is 0.135 e. The first-order chi connectivity index (χ1) is 10.8. The highest BCUT2D eigenvalue weighted by atomic mass is 16.5. The van der Waals surface area contributed by atoms with Crippen LogP contribution in [-0.4, -0.2) is 0 Å². The van der Waals surface area contributed by atoms with Crippen LogP contribution < -0.4 is 9.47 Å². The first kappa shape index (κ1) is 11.9. The third-order valence-corrected chi connectivity index (χ3v) is 4.46. The van der Waals surface area contributed by atoms with Crippen LogP contribution in [-0.2, 0) is 0 Å². The minimum Gasteiger partial charge on any atom is -0.457 e. The Morgan fingerprint density at radius 3 is 2.18 bits per heavy atom. The first-order valence-corrected chi connectivity index (χ1v) is 7.49. The molecule has 2 aliphatic rings. The van der Waals surface area contributed by atoms with Gasteiger partial charge in [0.1, 0.15) is 23.0 Å². The maximum Gasteiger partial charge on any atom is 0.135 e. The van der Waals surface area contributed by atoms with E-state index in [0.29, 0.717) is 0 Å². The highest BCUT2D eigenvalue weighted by Crippen LogP contribution is 2.55. The van der Waals surface area contributed by atoms with Crippen molar-refractivity contribution in [3.63, 3.8) is 0 Å². The molecule has 0 aromatic heterocycles. The molecule has 2 aliphatic heterocycles. The molecule has 0 amide bonds. The van der Waals surface area contributed by atoms with Gasteiger partial charge in [0.25, 0.3) is 0 Å². The van der Waals surface area contributed by atoms with Gasteiger partial charge in [0, 0.05) is 22.6 Å². The molecule has 0 saturated carbocycles. The number of fused-ring (bicyclic) bond motifs is 4. The van der Waals surface area contributed by atoms with E-state index in [-0.39, 0.29) is 5.92 Å². The minimum atomic E-state index is 0.180. The van der Waals surface area contributed by atoms with Crippen LogP contribution in [0.4, 0.5) is 0 Å². The van der Waals surface area contributed by atoms with Crippen LogP contribution in [0.5, 0.6) is 23.0 Å². The van der Waals surface area contributed by atoms with Crippen LogP contribution in [0.15, 0.2) is 60.7 Å². The van der Waals surface area contributed by atoms with E-state index in [0.717, 1.165) is 28.6 Å². The summed E-state index contributed by atoms with van der Waals surface area (Å²) in [6, 6.07) is 20.7. The summed E-state index contributed by atoms with van der Waals surface area (Å²) in [6.45, 7) is 2.12. The molecule has 0 fully saturated rings. The zero-order valence-corrected chi connectivity index (χ0v) is 12.2. The molecule has 3 aromatic carbocycles. The van der Waals surface area contributed by atoms with E-state index in [1.165, 1.54) is 16.7 Å². The first-order valence-electron chi connectivity index (χ1n) is 7.49. The Kier molecular flexibility index (Phi) is 2.23. The molecule has 0 N–H and O–H groups in total. The van der Waals surface area contributed by atoms with Gasteiger partial charge in [-0.3, -0.25) is 0 Å². The zero-order valence-electron chi connectivity index (χ0n) is 12.2. The molecule has 2 heteroatoms. The van der Waals surface area contributed by atoms with Crippen molar-refractivity contribution in [1.82, 2.24) is 0 Å². The molecule has 22 heavy (non-hydrogen) atoms. The Morgan fingerprint density at radius 1 is 0.682 bits per heavy atom. The molecule has 0 spiro atoms. The number of para-hydroxylation sites is 1. The summed E-state index contributed by atoms with van der Waals surface area (Å²) in [5, 5.41) is 0. The summed E-state index contributed by atoms with van der Waals surface area (Å²) in [7, 11) is 0. The highest BCUT2D eigenvalue weighted by molar-refractivity contribution is 5.67. The average molecular weight is 286 g/mol. The normalized spacial score (nSPS) is 16.7. The molecule has 1 unspecified atom stereocenters. The van der Waals surface area contributed by atoms with Crippen molar-refractivity contribution < 1.29 is 9.47 Å². The van der Waals surface area contributed by atoms with Crippen LogP contribution in [0.1, 0.15) is 28.2 Å². The molecule has 3 aromatic rings. The molecular weight excluding hydrogens is 272 g/mol. The Labute approximate surface area is 128 Å². The summed E-state index contributed by atoms with van der Waals surface area (Å²) in [6.07, 6.45) is 0. The lowest BCUT2D eigenvalue weighted by Gasteiger charge is -2.34. The Bertz CT molecular complexity index is 897. The lowest BCUT2D eigenvalue weighted by molar-refractivity contribution is 0.409. The van der Waals surface area contributed by atoms with E-state index < -0.39 is 0 Å². The van der Waals surface area contributed by atoms with Gasteiger partial charge in [-0.15, -0.1) is 0 Å². The van der Waals surface area contributed by atoms with Gasteiger partial charge in [0.15, 0.2) is 0 Å². The molecule has 1 atom stereocenters. The van der Waals surface area contributed by atoms with Crippen molar-refractivity contribution in [3.05, 3.63) is 82.9 Å². The maximum atomic E-state index is 6.11. The van der Waals surface area contributed by atoms with Crippen LogP contribution in [0.25, 0.3) is 0 Å². The van der Waals surface area contributed by atoms with Crippen molar-refractivity contribution in [3.8, 4) is 23.0 Å². The van der Waals surface area contributed by atoms with Gasteiger partial charge in [-0.25, -0.2) is 0 Å². The van der Waals surface area contributed by atoms with Crippen molar-refractivity contribution in [2.24, 2.45) is 0 Å². The molecule has 2 nitrogen and oxygen atoms in total. The third kappa shape index (κ3) is 1.49.